The van der Waals surface area contributed by atoms with E-state index in [2.05, 4.69) is 10.3 Å². The van der Waals surface area contributed by atoms with Crippen LogP contribution in [0.2, 0.25) is 0 Å². The minimum Gasteiger partial charge on any atom is -0.490 e. The minimum absolute atomic E-state index is 0.0296. The first-order valence-electron chi connectivity index (χ1n) is 9.15. The minimum atomic E-state index is -3.93. The van der Waals surface area contributed by atoms with E-state index in [1.165, 1.54) is 39.6 Å². The lowest BCUT2D eigenvalue weighted by Gasteiger charge is -2.29. The van der Waals surface area contributed by atoms with Crippen LogP contribution in [-0.2, 0) is 19.6 Å². The summed E-state index contributed by atoms with van der Waals surface area (Å²) in [5, 5.41) is 4.84. The van der Waals surface area contributed by atoms with Gasteiger partial charge >= 0.3 is 0 Å². The highest BCUT2D eigenvalue weighted by atomic mass is 32.2. The molecule has 0 unspecified atom stereocenters. The number of rotatable bonds is 4. The highest BCUT2D eigenvalue weighted by molar-refractivity contribution is 7.89. The number of carbonyl (C=O) groups is 2. The molecule has 4 rings (SSSR count). The van der Waals surface area contributed by atoms with Crippen molar-refractivity contribution in [2.75, 3.05) is 29.9 Å². The van der Waals surface area contributed by atoms with Gasteiger partial charge in [0.25, 0.3) is 0 Å². The summed E-state index contributed by atoms with van der Waals surface area (Å²) in [4.78, 5) is 30.1. The zero-order chi connectivity index (χ0) is 20.6. The number of fused-ring (bicyclic) bond motifs is 1. The van der Waals surface area contributed by atoms with Gasteiger partial charge in [0.1, 0.15) is 18.4 Å². The molecule has 2 aromatic rings. The van der Waals surface area contributed by atoms with E-state index >= 15 is 0 Å². The number of aromatic nitrogens is 1. The van der Waals surface area contributed by atoms with Gasteiger partial charge in [0.2, 0.25) is 21.8 Å². The molecule has 0 aliphatic carbocycles. The lowest BCUT2D eigenvalue weighted by molar-refractivity contribution is -0.119. The molecule has 2 aliphatic rings. The summed E-state index contributed by atoms with van der Waals surface area (Å²) in [6.07, 6.45) is 2.59. The van der Waals surface area contributed by atoms with E-state index in [0.717, 1.165) is 0 Å². The third kappa shape index (κ3) is 3.72. The quantitative estimate of drug-likeness (QED) is 0.781. The van der Waals surface area contributed by atoms with Crippen molar-refractivity contribution in [3.63, 3.8) is 0 Å². The van der Waals surface area contributed by atoms with Gasteiger partial charge in [0, 0.05) is 25.0 Å². The standard InChI is InChI=1S/C18H20N4O5S2/c1-12(23)21-8-9-27-16-5-4-13(11-15(16)21)29(25,26)22-7-2-3-14(22)17(24)20-18-19-6-10-28-18/h4-6,10-11,14H,2-3,7-9H2,1H3,(H,19,20,24)/t14-/m0/s1. The van der Waals surface area contributed by atoms with E-state index in [-0.39, 0.29) is 17.3 Å². The molecule has 1 saturated heterocycles. The average molecular weight is 437 g/mol. The Kier molecular flexibility index (Phi) is 5.28. The molecular weight excluding hydrogens is 416 g/mol. The second-order valence-corrected chi connectivity index (χ2v) is 9.53. The van der Waals surface area contributed by atoms with Crippen LogP contribution in [0.15, 0.2) is 34.7 Å². The van der Waals surface area contributed by atoms with Gasteiger partial charge < -0.3 is 15.0 Å². The largest absolute Gasteiger partial charge is 0.490 e. The van der Waals surface area contributed by atoms with Crippen LogP contribution < -0.4 is 15.0 Å². The van der Waals surface area contributed by atoms with Gasteiger partial charge in [-0.25, -0.2) is 13.4 Å². The number of carbonyl (C=O) groups excluding carboxylic acids is 2. The van der Waals surface area contributed by atoms with Crippen molar-refractivity contribution in [3.8, 4) is 5.75 Å². The van der Waals surface area contributed by atoms with Crippen LogP contribution in [0.5, 0.6) is 5.75 Å². The molecule has 29 heavy (non-hydrogen) atoms. The molecule has 11 heteroatoms. The van der Waals surface area contributed by atoms with Gasteiger partial charge in [-0.05, 0) is 31.0 Å². The Bertz CT molecular complexity index is 1040. The molecule has 1 fully saturated rings. The van der Waals surface area contributed by atoms with E-state index in [4.69, 9.17) is 4.74 Å². The predicted molar refractivity (Wildman–Crippen MR) is 108 cm³/mol. The van der Waals surface area contributed by atoms with Crippen LogP contribution in [0.3, 0.4) is 0 Å². The molecule has 1 N–H and O–H groups in total. The molecule has 0 spiro atoms. The topological polar surface area (TPSA) is 109 Å². The normalized spacial score (nSPS) is 19.5. The Morgan fingerprint density at radius 2 is 2.14 bits per heavy atom. The fraction of sp³-hybridized carbons (Fsp3) is 0.389. The van der Waals surface area contributed by atoms with Crippen molar-refractivity contribution >= 4 is 44.0 Å². The van der Waals surface area contributed by atoms with Gasteiger partial charge in [0.05, 0.1) is 17.1 Å². The molecule has 1 aromatic heterocycles. The number of amides is 2. The van der Waals surface area contributed by atoms with Crippen LogP contribution in [0.4, 0.5) is 10.8 Å². The Balaban J connectivity index is 1.63. The van der Waals surface area contributed by atoms with Crippen molar-refractivity contribution in [1.82, 2.24) is 9.29 Å². The van der Waals surface area contributed by atoms with Crippen molar-refractivity contribution in [3.05, 3.63) is 29.8 Å². The number of ether oxygens (including phenoxy) is 1. The lowest BCUT2D eigenvalue weighted by Crippen LogP contribution is -2.43. The Hall–Kier alpha value is -2.50. The van der Waals surface area contributed by atoms with E-state index in [0.29, 0.717) is 42.6 Å². The maximum atomic E-state index is 13.3. The number of nitrogens with one attached hydrogen (secondary N) is 1. The molecule has 3 heterocycles. The highest BCUT2D eigenvalue weighted by Gasteiger charge is 2.40. The third-order valence-electron chi connectivity index (χ3n) is 4.95. The number of anilines is 2. The summed E-state index contributed by atoms with van der Waals surface area (Å²) in [7, 11) is -3.93. The Labute approximate surface area is 172 Å². The summed E-state index contributed by atoms with van der Waals surface area (Å²) in [6, 6.07) is 3.64. The van der Waals surface area contributed by atoms with Crippen molar-refractivity contribution in [2.24, 2.45) is 0 Å². The number of thiazole rings is 1. The van der Waals surface area contributed by atoms with Crippen molar-refractivity contribution in [1.29, 1.82) is 0 Å². The number of sulfonamides is 1. The fourth-order valence-electron chi connectivity index (χ4n) is 3.58. The smallest absolute Gasteiger partial charge is 0.244 e. The van der Waals surface area contributed by atoms with Crippen LogP contribution >= 0.6 is 11.3 Å². The summed E-state index contributed by atoms with van der Waals surface area (Å²) in [6.45, 7) is 2.39. The van der Waals surface area contributed by atoms with Gasteiger partial charge in [-0.1, -0.05) is 0 Å². The summed E-state index contributed by atoms with van der Waals surface area (Å²) < 4.78 is 33.4. The maximum absolute atomic E-state index is 13.3. The first kappa shape index (κ1) is 19.8. The first-order valence-corrected chi connectivity index (χ1v) is 11.5. The number of nitrogens with zero attached hydrogens (tertiary/aromatic N) is 3. The molecule has 2 amide bonds. The molecule has 0 saturated carbocycles. The fourth-order valence-corrected chi connectivity index (χ4v) is 5.79. The van der Waals surface area contributed by atoms with Crippen LogP contribution in [0.25, 0.3) is 0 Å². The summed E-state index contributed by atoms with van der Waals surface area (Å²) in [5.74, 6) is -0.122. The Morgan fingerprint density at radius 1 is 1.31 bits per heavy atom. The molecular formula is C18H20N4O5S2. The maximum Gasteiger partial charge on any atom is 0.244 e. The lowest BCUT2D eigenvalue weighted by atomic mass is 10.2. The summed E-state index contributed by atoms with van der Waals surface area (Å²) in [5.41, 5.74) is 0.424. The molecule has 2 aliphatic heterocycles. The van der Waals surface area contributed by atoms with E-state index in [1.54, 1.807) is 17.6 Å². The molecule has 9 nitrogen and oxygen atoms in total. The molecule has 1 aromatic carbocycles. The van der Waals surface area contributed by atoms with E-state index < -0.39 is 22.0 Å². The Morgan fingerprint density at radius 3 is 2.86 bits per heavy atom. The second-order valence-electron chi connectivity index (χ2n) is 6.75. The predicted octanol–water partition coefficient (Wildman–Crippen LogP) is 1.68. The van der Waals surface area contributed by atoms with Crippen LogP contribution in [-0.4, -0.2) is 55.3 Å². The molecule has 0 radical (unpaired) electrons. The van der Waals surface area contributed by atoms with E-state index in [9.17, 15) is 18.0 Å². The average Bonchev–Trinajstić information content (AvgIpc) is 3.39. The van der Waals surface area contributed by atoms with Gasteiger partial charge in [-0.2, -0.15) is 4.31 Å². The van der Waals surface area contributed by atoms with Gasteiger partial charge in [-0.3, -0.25) is 9.59 Å². The molecule has 154 valence electrons. The van der Waals surface area contributed by atoms with Crippen LogP contribution in [0.1, 0.15) is 19.8 Å². The van der Waals surface area contributed by atoms with Crippen molar-refractivity contribution < 1.29 is 22.7 Å². The number of hydrogen-bond acceptors (Lipinski definition) is 7. The van der Waals surface area contributed by atoms with Crippen LogP contribution in [0, 0.1) is 0 Å². The zero-order valence-corrected chi connectivity index (χ0v) is 17.3. The van der Waals surface area contributed by atoms with E-state index in [1.807, 2.05) is 0 Å². The number of hydrogen-bond donors (Lipinski definition) is 1. The summed E-state index contributed by atoms with van der Waals surface area (Å²) >= 11 is 1.27. The molecule has 0 bridgehead atoms. The van der Waals surface area contributed by atoms with Crippen molar-refractivity contribution in [2.45, 2.75) is 30.7 Å². The first-order chi connectivity index (χ1) is 13.9. The zero-order valence-electron chi connectivity index (χ0n) is 15.7. The van der Waals surface area contributed by atoms with Gasteiger partial charge in [0.15, 0.2) is 5.13 Å². The second kappa shape index (κ2) is 7.73. The highest BCUT2D eigenvalue weighted by Crippen LogP contribution is 2.36. The number of benzene rings is 1. The van der Waals surface area contributed by atoms with Gasteiger partial charge in [-0.15, -0.1) is 11.3 Å². The molecule has 1 atom stereocenters. The SMILES string of the molecule is CC(=O)N1CCOc2ccc(S(=O)(=O)N3CCC[C@H]3C(=O)Nc3nccs3)cc21. The monoisotopic (exact) mass is 436 g/mol. The third-order valence-corrected chi connectivity index (χ3v) is 7.54.